The van der Waals surface area contributed by atoms with Crippen molar-refractivity contribution in [1.29, 1.82) is 0 Å². The number of rotatable bonds is 2. The summed E-state index contributed by atoms with van der Waals surface area (Å²) in [5.74, 6) is 2.44. The third-order valence-electron chi connectivity index (χ3n) is 3.67. The fourth-order valence-corrected chi connectivity index (χ4v) is 3.31. The number of anilines is 1. The first-order valence-electron chi connectivity index (χ1n) is 6.98. The van der Waals surface area contributed by atoms with Gasteiger partial charge in [0.1, 0.15) is 18.0 Å². The summed E-state index contributed by atoms with van der Waals surface area (Å²) in [6.45, 7) is 8.45. The van der Waals surface area contributed by atoms with Crippen LogP contribution in [0.25, 0.3) is 0 Å². The molecular weight excluding hydrogens is 272 g/mol. The molecule has 1 aliphatic heterocycles. The zero-order valence-corrected chi connectivity index (χ0v) is 12.9. The number of piperidine rings is 1. The smallest absolute Gasteiger partial charge is 0.205 e. The lowest BCUT2D eigenvalue weighted by atomic mass is 9.96. The molecule has 7 heteroatoms. The summed E-state index contributed by atoms with van der Waals surface area (Å²) in [5, 5.41) is 7.96. The van der Waals surface area contributed by atoms with E-state index in [9.17, 15) is 0 Å². The van der Waals surface area contributed by atoms with E-state index in [4.69, 9.17) is 4.98 Å². The standard InChI is InChI=1S/C13H20N6S/c1-13(2,3)11-16-12(20-18-11)19-6-4-9(5-7-19)10-14-8-15-17-10/h8-9H,4-7H2,1-3H3,(H,14,15,17). The summed E-state index contributed by atoms with van der Waals surface area (Å²) >= 11 is 1.51. The van der Waals surface area contributed by atoms with Gasteiger partial charge in [-0.2, -0.15) is 9.47 Å². The van der Waals surface area contributed by atoms with Crippen LogP contribution < -0.4 is 4.90 Å². The van der Waals surface area contributed by atoms with Gasteiger partial charge in [-0.1, -0.05) is 20.8 Å². The van der Waals surface area contributed by atoms with Crippen LogP contribution in [0.1, 0.15) is 51.2 Å². The predicted molar refractivity (Wildman–Crippen MR) is 79.2 cm³/mol. The van der Waals surface area contributed by atoms with Gasteiger partial charge in [-0.15, -0.1) is 0 Å². The fourth-order valence-electron chi connectivity index (χ4n) is 2.40. The van der Waals surface area contributed by atoms with Crippen LogP contribution in [0, 0.1) is 0 Å². The molecule has 0 saturated carbocycles. The van der Waals surface area contributed by atoms with Gasteiger partial charge in [-0.25, -0.2) is 9.97 Å². The van der Waals surface area contributed by atoms with Crippen molar-refractivity contribution < 1.29 is 0 Å². The fraction of sp³-hybridized carbons (Fsp3) is 0.692. The first-order chi connectivity index (χ1) is 9.54. The Morgan fingerprint density at radius 3 is 2.60 bits per heavy atom. The summed E-state index contributed by atoms with van der Waals surface area (Å²) in [6.07, 6.45) is 3.75. The van der Waals surface area contributed by atoms with E-state index in [1.54, 1.807) is 6.33 Å². The lowest BCUT2D eigenvalue weighted by Gasteiger charge is -2.30. The Bertz CT molecular complexity index is 548. The van der Waals surface area contributed by atoms with Crippen molar-refractivity contribution in [2.24, 2.45) is 0 Å². The Kier molecular flexibility index (Phi) is 3.45. The molecule has 2 aromatic rings. The van der Waals surface area contributed by atoms with Gasteiger partial charge in [0.05, 0.1) is 0 Å². The normalized spacial score (nSPS) is 17.6. The van der Waals surface area contributed by atoms with Crippen molar-refractivity contribution in [1.82, 2.24) is 24.5 Å². The van der Waals surface area contributed by atoms with Gasteiger partial charge in [0.15, 0.2) is 0 Å². The van der Waals surface area contributed by atoms with Gasteiger partial charge < -0.3 is 4.90 Å². The van der Waals surface area contributed by atoms with Gasteiger partial charge in [-0.05, 0) is 12.8 Å². The number of nitrogens with one attached hydrogen (secondary N) is 1. The van der Waals surface area contributed by atoms with E-state index >= 15 is 0 Å². The second-order valence-electron chi connectivity index (χ2n) is 6.28. The van der Waals surface area contributed by atoms with E-state index in [-0.39, 0.29) is 5.41 Å². The zero-order valence-electron chi connectivity index (χ0n) is 12.1. The Hall–Kier alpha value is -1.50. The Morgan fingerprint density at radius 1 is 1.30 bits per heavy atom. The highest BCUT2D eigenvalue weighted by Gasteiger charge is 2.26. The number of hydrogen-bond acceptors (Lipinski definition) is 6. The molecule has 0 atom stereocenters. The van der Waals surface area contributed by atoms with Gasteiger partial charge in [0.2, 0.25) is 5.13 Å². The first-order valence-corrected chi connectivity index (χ1v) is 7.76. The average Bonchev–Trinajstić information content (AvgIpc) is 3.10. The minimum absolute atomic E-state index is 0.0207. The van der Waals surface area contributed by atoms with Crippen LogP contribution in [0.15, 0.2) is 6.33 Å². The minimum atomic E-state index is 0.0207. The van der Waals surface area contributed by atoms with Crippen molar-refractivity contribution in [2.45, 2.75) is 44.9 Å². The van der Waals surface area contributed by atoms with Crippen molar-refractivity contribution >= 4 is 16.7 Å². The molecule has 1 fully saturated rings. The highest BCUT2D eigenvalue weighted by Crippen LogP contribution is 2.31. The minimum Gasteiger partial charge on any atom is -0.347 e. The van der Waals surface area contributed by atoms with Crippen LogP contribution >= 0.6 is 11.5 Å². The Morgan fingerprint density at radius 2 is 2.05 bits per heavy atom. The molecule has 1 N–H and O–H groups in total. The maximum absolute atomic E-state index is 4.69. The molecule has 6 nitrogen and oxygen atoms in total. The van der Waals surface area contributed by atoms with Crippen LogP contribution in [0.4, 0.5) is 5.13 Å². The van der Waals surface area contributed by atoms with Crippen LogP contribution in [-0.4, -0.2) is 37.6 Å². The first kappa shape index (κ1) is 13.5. The Labute approximate surface area is 122 Å². The summed E-state index contributed by atoms with van der Waals surface area (Å²) in [4.78, 5) is 11.3. The summed E-state index contributed by atoms with van der Waals surface area (Å²) in [6, 6.07) is 0. The molecule has 0 unspecified atom stereocenters. The second-order valence-corrected chi connectivity index (χ2v) is 7.01. The van der Waals surface area contributed by atoms with Gasteiger partial charge in [-0.3, -0.25) is 5.10 Å². The number of aromatic nitrogens is 5. The third-order valence-corrected chi connectivity index (χ3v) is 4.45. The lowest BCUT2D eigenvalue weighted by Crippen LogP contribution is -2.33. The molecule has 3 rings (SSSR count). The molecule has 20 heavy (non-hydrogen) atoms. The highest BCUT2D eigenvalue weighted by molar-refractivity contribution is 7.09. The zero-order chi connectivity index (χ0) is 14.2. The summed E-state index contributed by atoms with van der Waals surface area (Å²) in [5.41, 5.74) is 0.0207. The van der Waals surface area contributed by atoms with Crippen molar-refractivity contribution in [2.75, 3.05) is 18.0 Å². The molecular formula is C13H20N6S. The van der Waals surface area contributed by atoms with Crippen molar-refractivity contribution in [3.8, 4) is 0 Å². The molecule has 2 aromatic heterocycles. The largest absolute Gasteiger partial charge is 0.347 e. The molecule has 0 aliphatic carbocycles. The quantitative estimate of drug-likeness (QED) is 0.920. The molecule has 0 aromatic carbocycles. The average molecular weight is 292 g/mol. The lowest BCUT2D eigenvalue weighted by molar-refractivity contribution is 0.485. The number of hydrogen-bond donors (Lipinski definition) is 1. The summed E-state index contributed by atoms with van der Waals surface area (Å²) < 4.78 is 4.49. The van der Waals surface area contributed by atoms with E-state index in [1.165, 1.54) is 11.5 Å². The maximum Gasteiger partial charge on any atom is 0.205 e. The molecule has 1 saturated heterocycles. The molecule has 0 radical (unpaired) electrons. The van der Waals surface area contributed by atoms with Crippen LogP contribution in [0.3, 0.4) is 0 Å². The maximum atomic E-state index is 4.69. The van der Waals surface area contributed by atoms with Crippen molar-refractivity contribution in [3.05, 3.63) is 18.0 Å². The highest BCUT2D eigenvalue weighted by atomic mass is 32.1. The van der Waals surface area contributed by atoms with Gasteiger partial charge in [0, 0.05) is 36.0 Å². The SMILES string of the molecule is CC(C)(C)c1nsc(N2CCC(c3ncn[nH]3)CC2)n1. The predicted octanol–water partition coefficient (Wildman–Crippen LogP) is 2.34. The second kappa shape index (κ2) is 5.12. The summed E-state index contributed by atoms with van der Waals surface area (Å²) in [7, 11) is 0. The molecule has 0 bridgehead atoms. The number of H-pyrrole nitrogens is 1. The van der Waals surface area contributed by atoms with E-state index < -0.39 is 0 Å². The number of nitrogens with zero attached hydrogens (tertiary/aromatic N) is 5. The van der Waals surface area contributed by atoms with Crippen LogP contribution in [0.2, 0.25) is 0 Å². The van der Waals surface area contributed by atoms with E-state index in [0.29, 0.717) is 5.92 Å². The molecule has 0 spiro atoms. The topological polar surface area (TPSA) is 70.6 Å². The Balaban J connectivity index is 1.65. The van der Waals surface area contributed by atoms with Crippen LogP contribution in [-0.2, 0) is 5.41 Å². The molecule has 1 aliphatic rings. The number of aromatic amines is 1. The molecule has 108 valence electrons. The monoisotopic (exact) mass is 292 g/mol. The third kappa shape index (κ3) is 2.67. The van der Waals surface area contributed by atoms with Crippen molar-refractivity contribution in [3.63, 3.8) is 0 Å². The van der Waals surface area contributed by atoms with E-state index in [1.807, 2.05) is 0 Å². The molecule has 0 amide bonds. The van der Waals surface area contributed by atoms with Crippen LogP contribution in [0.5, 0.6) is 0 Å². The van der Waals surface area contributed by atoms with Gasteiger partial charge in [0.25, 0.3) is 0 Å². The van der Waals surface area contributed by atoms with E-state index in [0.717, 1.165) is 42.7 Å². The molecule has 3 heterocycles. The van der Waals surface area contributed by atoms with E-state index in [2.05, 4.69) is 45.2 Å². The van der Waals surface area contributed by atoms with Gasteiger partial charge >= 0.3 is 0 Å².